The SMILES string of the molecule is OC1C=C(c2ccc(Cl)s2)CCCC1. The van der Waals surface area contributed by atoms with Gasteiger partial charge in [0.05, 0.1) is 10.4 Å². The molecule has 1 nitrogen and oxygen atoms in total. The lowest BCUT2D eigenvalue weighted by molar-refractivity contribution is 0.211. The molecule has 0 radical (unpaired) electrons. The number of aliphatic hydroxyl groups excluding tert-OH is 1. The third-order valence-corrected chi connectivity index (χ3v) is 3.79. The van der Waals surface area contributed by atoms with Crippen molar-refractivity contribution < 1.29 is 5.11 Å². The van der Waals surface area contributed by atoms with Crippen molar-refractivity contribution in [1.82, 2.24) is 0 Å². The molecule has 0 bridgehead atoms. The second-order valence-corrected chi connectivity index (χ2v) is 5.32. The first-order chi connectivity index (χ1) is 6.75. The predicted molar refractivity (Wildman–Crippen MR) is 61.8 cm³/mol. The third kappa shape index (κ3) is 2.38. The second-order valence-electron chi connectivity index (χ2n) is 3.61. The summed E-state index contributed by atoms with van der Waals surface area (Å²) in [7, 11) is 0. The summed E-state index contributed by atoms with van der Waals surface area (Å²) in [6.45, 7) is 0. The minimum Gasteiger partial charge on any atom is -0.389 e. The minimum atomic E-state index is -0.270. The zero-order valence-electron chi connectivity index (χ0n) is 7.87. The van der Waals surface area contributed by atoms with Crippen molar-refractivity contribution in [3.05, 3.63) is 27.4 Å². The number of hydrogen-bond donors (Lipinski definition) is 1. The lowest BCUT2D eigenvalue weighted by Crippen LogP contribution is -1.99. The molecule has 1 N–H and O–H groups in total. The standard InChI is InChI=1S/C11H13ClOS/c12-11-6-5-10(14-11)8-3-1-2-4-9(13)7-8/h5-7,9,13H,1-4H2. The Morgan fingerprint density at radius 1 is 1.36 bits per heavy atom. The van der Waals surface area contributed by atoms with Gasteiger partial charge in [0.2, 0.25) is 0 Å². The van der Waals surface area contributed by atoms with Crippen LogP contribution in [-0.2, 0) is 0 Å². The first-order valence-electron chi connectivity index (χ1n) is 4.90. The molecule has 1 aromatic rings. The topological polar surface area (TPSA) is 20.2 Å². The van der Waals surface area contributed by atoms with Crippen molar-refractivity contribution >= 4 is 28.5 Å². The molecule has 0 fully saturated rings. The number of allylic oxidation sites excluding steroid dienone is 1. The van der Waals surface area contributed by atoms with Gasteiger partial charge in [0.25, 0.3) is 0 Å². The molecule has 0 amide bonds. The van der Waals surface area contributed by atoms with E-state index in [0.29, 0.717) is 0 Å². The molecule has 2 rings (SSSR count). The van der Waals surface area contributed by atoms with Crippen molar-refractivity contribution in [2.75, 3.05) is 0 Å². The van der Waals surface area contributed by atoms with Gasteiger partial charge in [0, 0.05) is 4.88 Å². The monoisotopic (exact) mass is 228 g/mol. The van der Waals surface area contributed by atoms with E-state index in [9.17, 15) is 5.11 Å². The first kappa shape index (κ1) is 10.2. The summed E-state index contributed by atoms with van der Waals surface area (Å²) in [5.41, 5.74) is 1.26. The van der Waals surface area contributed by atoms with Crippen molar-refractivity contribution in [1.29, 1.82) is 0 Å². The van der Waals surface area contributed by atoms with Crippen molar-refractivity contribution in [2.45, 2.75) is 31.8 Å². The number of hydrogen-bond acceptors (Lipinski definition) is 2. The Balaban J connectivity index is 2.23. The smallest absolute Gasteiger partial charge is 0.0934 e. The van der Waals surface area contributed by atoms with E-state index in [1.165, 1.54) is 16.9 Å². The molecular formula is C11H13ClOS. The largest absolute Gasteiger partial charge is 0.389 e. The number of thiophene rings is 1. The molecule has 1 heterocycles. The van der Waals surface area contributed by atoms with E-state index in [1.54, 1.807) is 11.3 Å². The van der Waals surface area contributed by atoms with E-state index >= 15 is 0 Å². The highest BCUT2D eigenvalue weighted by atomic mass is 35.5. The maximum atomic E-state index is 9.62. The van der Waals surface area contributed by atoms with Gasteiger partial charge in [0.1, 0.15) is 0 Å². The molecule has 1 aliphatic rings. The molecule has 0 saturated heterocycles. The molecule has 0 saturated carbocycles. The molecule has 0 aromatic carbocycles. The zero-order chi connectivity index (χ0) is 9.97. The van der Waals surface area contributed by atoms with E-state index < -0.39 is 0 Å². The van der Waals surface area contributed by atoms with Crippen LogP contribution in [0.15, 0.2) is 18.2 Å². The highest BCUT2D eigenvalue weighted by Gasteiger charge is 2.12. The summed E-state index contributed by atoms with van der Waals surface area (Å²) in [5.74, 6) is 0. The Morgan fingerprint density at radius 3 is 2.93 bits per heavy atom. The maximum Gasteiger partial charge on any atom is 0.0934 e. The van der Waals surface area contributed by atoms with E-state index in [-0.39, 0.29) is 6.10 Å². The van der Waals surface area contributed by atoms with Crippen LogP contribution in [0.5, 0.6) is 0 Å². The highest BCUT2D eigenvalue weighted by Crippen LogP contribution is 2.32. The summed E-state index contributed by atoms with van der Waals surface area (Å²) in [5, 5.41) is 9.62. The van der Waals surface area contributed by atoms with Gasteiger partial charge in [-0.05, 0) is 37.0 Å². The summed E-state index contributed by atoms with van der Waals surface area (Å²) in [6, 6.07) is 3.95. The molecule has 1 atom stereocenters. The van der Waals surface area contributed by atoms with Crippen LogP contribution in [0.2, 0.25) is 4.34 Å². The molecular weight excluding hydrogens is 216 g/mol. The predicted octanol–water partition coefficient (Wildman–Crippen LogP) is 3.72. The van der Waals surface area contributed by atoms with Crippen LogP contribution in [0.25, 0.3) is 5.57 Å². The van der Waals surface area contributed by atoms with Gasteiger partial charge < -0.3 is 5.11 Å². The van der Waals surface area contributed by atoms with Crippen LogP contribution in [0, 0.1) is 0 Å². The average molecular weight is 229 g/mol. The average Bonchev–Trinajstić information content (AvgIpc) is 2.45. The van der Waals surface area contributed by atoms with Crippen LogP contribution >= 0.6 is 22.9 Å². The first-order valence-corrected chi connectivity index (χ1v) is 6.09. The Morgan fingerprint density at radius 2 is 2.21 bits per heavy atom. The zero-order valence-corrected chi connectivity index (χ0v) is 9.44. The molecule has 1 aliphatic carbocycles. The van der Waals surface area contributed by atoms with Gasteiger partial charge in [-0.1, -0.05) is 24.1 Å². The van der Waals surface area contributed by atoms with Crippen LogP contribution < -0.4 is 0 Å². The molecule has 1 aromatic heterocycles. The molecule has 76 valence electrons. The molecule has 1 unspecified atom stereocenters. The van der Waals surface area contributed by atoms with Crippen LogP contribution in [0.1, 0.15) is 30.6 Å². The Bertz CT molecular complexity index is 343. The molecule has 0 spiro atoms. The van der Waals surface area contributed by atoms with E-state index in [4.69, 9.17) is 11.6 Å². The summed E-state index contributed by atoms with van der Waals surface area (Å²) < 4.78 is 0.819. The Labute approximate surface area is 93.0 Å². The van der Waals surface area contributed by atoms with Crippen LogP contribution in [0.3, 0.4) is 0 Å². The summed E-state index contributed by atoms with van der Waals surface area (Å²) >= 11 is 7.48. The minimum absolute atomic E-state index is 0.270. The van der Waals surface area contributed by atoms with Crippen molar-refractivity contribution in [2.24, 2.45) is 0 Å². The van der Waals surface area contributed by atoms with Gasteiger partial charge in [-0.25, -0.2) is 0 Å². The maximum absolute atomic E-state index is 9.62. The number of aliphatic hydroxyl groups is 1. The van der Waals surface area contributed by atoms with Gasteiger partial charge in [-0.15, -0.1) is 11.3 Å². The van der Waals surface area contributed by atoms with Crippen molar-refractivity contribution in [3.63, 3.8) is 0 Å². The number of halogens is 1. The number of rotatable bonds is 1. The quantitative estimate of drug-likeness (QED) is 0.777. The van der Waals surface area contributed by atoms with Gasteiger partial charge >= 0.3 is 0 Å². The summed E-state index contributed by atoms with van der Waals surface area (Å²) in [6.07, 6.45) is 5.94. The summed E-state index contributed by atoms with van der Waals surface area (Å²) in [4.78, 5) is 1.20. The second kappa shape index (κ2) is 4.47. The fraction of sp³-hybridized carbons (Fsp3) is 0.455. The van der Waals surface area contributed by atoms with Gasteiger partial charge in [0.15, 0.2) is 0 Å². The van der Waals surface area contributed by atoms with E-state index in [0.717, 1.165) is 23.6 Å². The van der Waals surface area contributed by atoms with Crippen LogP contribution in [0.4, 0.5) is 0 Å². The molecule has 0 aliphatic heterocycles. The lowest BCUT2D eigenvalue weighted by atomic mass is 10.1. The van der Waals surface area contributed by atoms with Gasteiger partial charge in [-0.3, -0.25) is 0 Å². The van der Waals surface area contributed by atoms with Crippen molar-refractivity contribution in [3.8, 4) is 0 Å². The van der Waals surface area contributed by atoms with Gasteiger partial charge in [-0.2, -0.15) is 0 Å². The van der Waals surface area contributed by atoms with E-state index in [1.807, 2.05) is 18.2 Å². The third-order valence-electron chi connectivity index (χ3n) is 2.48. The van der Waals surface area contributed by atoms with Crippen LogP contribution in [-0.4, -0.2) is 11.2 Å². The highest BCUT2D eigenvalue weighted by molar-refractivity contribution is 7.17. The Kier molecular flexibility index (Phi) is 3.26. The molecule has 3 heteroatoms. The fourth-order valence-corrected chi connectivity index (χ4v) is 2.86. The normalized spacial score (nSPS) is 23.0. The Hall–Kier alpha value is -0.310. The van der Waals surface area contributed by atoms with E-state index in [2.05, 4.69) is 0 Å². The fourth-order valence-electron chi connectivity index (χ4n) is 1.76. The molecule has 14 heavy (non-hydrogen) atoms. The lowest BCUT2D eigenvalue weighted by Gasteiger charge is -2.02.